The first-order valence-corrected chi connectivity index (χ1v) is 4.68. The van der Waals surface area contributed by atoms with Gasteiger partial charge in [0.1, 0.15) is 0 Å². The van der Waals surface area contributed by atoms with Crippen LogP contribution >= 0.6 is 0 Å². The third kappa shape index (κ3) is 11.8. The predicted molar refractivity (Wildman–Crippen MR) is 37.5 cm³/mol. The molecule has 0 aromatic carbocycles. The average Bonchev–Trinajstić information content (AvgIpc) is 1.96. The van der Waals surface area contributed by atoms with Gasteiger partial charge in [-0.1, -0.05) is 0 Å². The maximum Gasteiger partial charge on any atom is 1.00 e. The maximum atomic E-state index is 10.3. The normalized spacial score (nSPS) is 10.0. The van der Waals surface area contributed by atoms with Gasteiger partial charge in [-0.15, -0.1) is 0 Å². The summed E-state index contributed by atoms with van der Waals surface area (Å²) in [6.45, 7) is -0.131. The second kappa shape index (κ2) is 7.21. The summed E-state index contributed by atoms with van der Waals surface area (Å²) in [5.41, 5.74) is 0. The van der Waals surface area contributed by atoms with E-state index in [0.717, 1.165) is 7.11 Å². The zero-order valence-electron chi connectivity index (χ0n) is 7.48. The second-order valence-corrected chi connectivity index (χ2v) is 3.44. The monoisotopic (exact) mass is 204 g/mol. The minimum absolute atomic E-state index is 0. The minimum Gasteiger partial charge on any atom is -0.748 e. The van der Waals surface area contributed by atoms with Gasteiger partial charge in [0.15, 0.2) is 0 Å². The zero-order valence-corrected chi connectivity index (χ0v) is 8.30. The van der Waals surface area contributed by atoms with Crippen LogP contribution in [-0.4, -0.2) is 38.6 Å². The van der Waals surface area contributed by atoms with E-state index in [1.54, 1.807) is 0 Å². The number of carbonyl (C=O) groups is 1. The van der Waals surface area contributed by atoms with Crippen molar-refractivity contribution in [2.75, 3.05) is 19.5 Å². The Balaban J connectivity index is 0. The fourth-order valence-electron chi connectivity index (χ4n) is 0.450. The third-order valence-corrected chi connectivity index (χ3v) is 1.71. The Hall–Kier alpha value is -0.223. The first-order chi connectivity index (χ1) is 5.45. The molecule has 0 rings (SSSR count). The molecular weight excluding hydrogens is 195 g/mol. The SMILES string of the molecule is COC(=O)OCCCS(=O)(=O)[O-].[Li+]. The molecule has 13 heavy (non-hydrogen) atoms. The molecule has 0 saturated carbocycles. The van der Waals surface area contributed by atoms with Gasteiger partial charge in [-0.3, -0.25) is 0 Å². The molecule has 0 amide bonds. The Morgan fingerprint density at radius 2 is 2.00 bits per heavy atom. The number of hydrogen-bond acceptors (Lipinski definition) is 6. The molecule has 0 fully saturated rings. The summed E-state index contributed by atoms with van der Waals surface area (Å²) in [6, 6.07) is 0. The predicted octanol–water partition coefficient (Wildman–Crippen LogP) is -3.29. The fourth-order valence-corrected chi connectivity index (χ4v) is 0.922. The summed E-state index contributed by atoms with van der Waals surface area (Å²) in [7, 11) is -3.08. The molecule has 0 radical (unpaired) electrons. The molecule has 6 nitrogen and oxygen atoms in total. The molecule has 0 aromatic heterocycles. The van der Waals surface area contributed by atoms with E-state index in [4.69, 9.17) is 0 Å². The topological polar surface area (TPSA) is 92.7 Å². The number of carbonyl (C=O) groups excluding carboxylic acids is 1. The summed E-state index contributed by atoms with van der Waals surface area (Å²) >= 11 is 0. The molecule has 0 N–H and O–H groups in total. The second-order valence-electron chi connectivity index (χ2n) is 1.92. The van der Waals surface area contributed by atoms with Gasteiger partial charge in [-0.25, -0.2) is 13.2 Å². The van der Waals surface area contributed by atoms with E-state index in [1.807, 2.05) is 0 Å². The Bertz CT molecular complexity index is 235. The Kier molecular flexibility index (Phi) is 8.46. The van der Waals surface area contributed by atoms with Crippen molar-refractivity contribution in [3.8, 4) is 0 Å². The van der Waals surface area contributed by atoms with Gasteiger partial charge < -0.3 is 14.0 Å². The van der Waals surface area contributed by atoms with E-state index in [9.17, 15) is 17.8 Å². The molecule has 0 spiro atoms. The van der Waals surface area contributed by atoms with Crippen molar-refractivity contribution in [3.05, 3.63) is 0 Å². The van der Waals surface area contributed by atoms with Crippen LogP contribution in [0.4, 0.5) is 4.79 Å². The Labute approximate surface area is 88.5 Å². The van der Waals surface area contributed by atoms with Crippen LogP contribution in [0.1, 0.15) is 6.42 Å². The quantitative estimate of drug-likeness (QED) is 0.206. The average molecular weight is 204 g/mol. The molecule has 8 heteroatoms. The van der Waals surface area contributed by atoms with Crippen molar-refractivity contribution in [2.45, 2.75) is 6.42 Å². The summed E-state index contributed by atoms with van der Waals surface area (Å²) < 4.78 is 38.5. The summed E-state index contributed by atoms with van der Waals surface area (Å²) in [5, 5.41) is 0. The van der Waals surface area contributed by atoms with Crippen molar-refractivity contribution in [1.29, 1.82) is 0 Å². The summed E-state index contributed by atoms with van der Waals surface area (Å²) in [5.74, 6) is -0.538. The molecule has 0 aliphatic rings. The van der Waals surface area contributed by atoms with Crippen LogP contribution in [0.5, 0.6) is 0 Å². The van der Waals surface area contributed by atoms with E-state index in [1.165, 1.54) is 0 Å². The van der Waals surface area contributed by atoms with Crippen molar-refractivity contribution in [1.82, 2.24) is 0 Å². The van der Waals surface area contributed by atoms with Crippen molar-refractivity contribution in [2.24, 2.45) is 0 Å². The van der Waals surface area contributed by atoms with Crippen molar-refractivity contribution >= 4 is 16.3 Å². The van der Waals surface area contributed by atoms with E-state index in [0.29, 0.717) is 0 Å². The standard InChI is InChI=1S/C5H10O6S.Li/c1-10-5(6)11-3-2-4-12(7,8)9;/h2-4H2,1H3,(H,7,8,9);/q;+1/p-1. The van der Waals surface area contributed by atoms with Crippen LogP contribution in [0.2, 0.25) is 0 Å². The summed E-state index contributed by atoms with van der Waals surface area (Å²) in [6.07, 6.45) is -0.903. The van der Waals surface area contributed by atoms with E-state index < -0.39 is 22.0 Å². The number of methoxy groups -OCH3 is 1. The first-order valence-electron chi connectivity index (χ1n) is 3.10. The van der Waals surface area contributed by atoms with Crippen LogP contribution < -0.4 is 18.9 Å². The molecule has 0 unspecified atom stereocenters. The zero-order chi connectivity index (χ0) is 9.61. The minimum atomic E-state index is -4.21. The first kappa shape index (κ1) is 15.3. The molecular formula is C5H9LiO6S. The van der Waals surface area contributed by atoms with Gasteiger partial charge in [-0.05, 0) is 6.42 Å². The van der Waals surface area contributed by atoms with Gasteiger partial charge in [0.05, 0.1) is 23.8 Å². The van der Waals surface area contributed by atoms with Crippen molar-refractivity contribution < 1.29 is 46.1 Å². The molecule has 0 aromatic rings. The molecule has 0 bridgehead atoms. The smallest absolute Gasteiger partial charge is 0.748 e. The largest absolute Gasteiger partial charge is 1.00 e. The van der Waals surface area contributed by atoms with Crippen molar-refractivity contribution in [3.63, 3.8) is 0 Å². The molecule has 72 valence electrons. The van der Waals surface area contributed by atoms with Gasteiger partial charge in [0, 0.05) is 5.75 Å². The van der Waals surface area contributed by atoms with Crippen LogP contribution in [0.15, 0.2) is 0 Å². The maximum absolute atomic E-state index is 10.3. The van der Waals surface area contributed by atoms with E-state index in [-0.39, 0.29) is 31.9 Å². The molecule has 0 aliphatic heterocycles. The van der Waals surface area contributed by atoms with Gasteiger partial charge >= 0.3 is 25.0 Å². The van der Waals surface area contributed by atoms with Crippen LogP contribution in [0.25, 0.3) is 0 Å². The Morgan fingerprint density at radius 1 is 1.46 bits per heavy atom. The van der Waals surface area contributed by atoms with E-state index >= 15 is 0 Å². The van der Waals surface area contributed by atoms with Crippen LogP contribution in [0, 0.1) is 0 Å². The van der Waals surface area contributed by atoms with Gasteiger partial charge in [-0.2, -0.15) is 0 Å². The number of rotatable bonds is 4. The number of ether oxygens (including phenoxy) is 2. The molecule has 0 saturated heterocycles. The van der Waals surface area contributed by atoms with Crippen LogP contribution in [-0.2, 0) is 19.6 Å². The molecule has 0 atom stereocenters. The number of hydrogen-bond donors (Lipinski definition) is 0. The molecule has 0 heterocycles. The van der Waals surface area contributed by atoms with E-state index in [2.05, 4.69) is 9.47 Å². The summed E-state index contributed by atoms with van der Waals surface area (Å²) in [4.78, 5) is 10.3. The third-order valence-electron chi connectivity index (χ3n) is 0.925. The fraction of sp³-hybridized carbons (Fsp3) is 0.800. The van der Waals surface area contributed by atoms with Crippen LogP contribution in [0.3, 0.4) is 0 Å². The van der Waals surface area contributed by atoms with Gasteiger partial charge in [0.25, 0.3) is 0 Å². The molecule has 0 aliphatic carbocycles. The Morgan fingerprint density at radius 3 is 2.38 bits per heavy atom. The van der Waals surface area contributed by atoms with Gasteiger partial charge in [0.2, 0.25) is 0 Å².